The van der Waals surface area contributed by atoms with E-state index in [4.69, 9.17) is 90.0 Å². The van der Waals surface area contributed by atoms with Crippen molar-refractivity contribution in [1.82, 2.24) is 21.3 Å². The van der Waals surface area contributed by atoms with Crippen LogP contribution < -0.4 is 21.3 Å². The molecule has 0 radical (unpaired) electrons. The molecule has 32 N–H and O–H groups in total. The van der Waals surface area contributed by atoms with Gasteiger partial charge in [0.1, 0.15) is 244 Å². The molecule has 55 nitrogen and oxygen atoms in total. The molecule has 10 aliphatic rings. The lowest BCUT2D eigenvalue weighted by Crippen LogP contribution is -2.71. The fourth-order valence-corrected chi connectivity index (χ4v) is 15.9. The summed E-state index contributed by atoms with van der Waals surface area (Å²) in [5.74, 6) is -3.86. The van der Waals surface area contributed by atoms with E-state index in [1.165, 1.54) is 0 Å². The Balaban J connectivity index is 1.02. The van der Waals surface area contributed by atoms with Crippen LogP contribution >= 0.6 is 0 Å². The largest absolute Gasteiger partial charge is 0.394 e. The molecule has 55 heteroatoms. The van der Waals surface area contributed by atoms with Crippen molar-refractivity contribution in [3.8, 4) is 0 Å². The van der Waals surface area contributed by atoms with Crippen LogP contribution in [0.2, 0.25) is 0 Å². The van der Waals surface area contributed by atoms with Crippen molar-refractivity contribution in [2.75, 3.05) is 66.1 Å². The lowest BCUT2D eigenvalue weighted by atomic mass is 9.93. The molecule has 10 aliphatic heterocycles. The smallest absolute Gasteiger partial charge is 0.217 e. The standard InChI is InChI=1S/C68H114N4O51/c1-15(82)69-29-38(91)51(23(9-77)106-59(29)104)120-66-50(103)56(37(90)28(115-66)14-105-67-57(45(98)36(89)22(8-76)110-67)122-61-31(71-17(3)84)40(93)53(25(11-79)112-61)118-64-47(100)43(96)34(87)20(6-74)108-64)121-68-58(123-62-32(72-18(4)85)41(94)54(26(12-80)113-62)119-65-48(101)44(97)35(88)21(7-75)109-65)49(102)55(27(13-81)114-68)116-60-30(70-16(2)83)39(92)52(24(10-78)111-60)117-63-46(99)42(95)33(86)19(5-73)107-63/h19-68,73-81,86-104H,5-14H2,1-4H3,(H,69,82)(H,70,83)(H,71,84)(H,72,85)/t19-,20-,21-,22-,23-,24-,25-,26-,27-,28-,29-,30-,31-,32+,33+,34+,35+,36-,37-,38-,39-,40-,41-,42+,43+,44+,45+,46-,47-,48-,49+,50+,51-,52-,53-,54-,55-,56+,57+,58+,59-,60+,61+,62+,63+,64+,65+,66+,67+,68-/m1/s1. The van der Waals surface area contributed by atoms with Gasteiger partial charge in [0.05, 0.1) is 66.1 Å². The Bertz CT molecular complexity index is 3310. The highest BCUT2D eigenvalue weighted by molar-refractivity contribution is 5.74. The Hall–Kier alpha value is -4.00. The van der Waals surface area contributed by atoms with Crippen molar-refractivity contribution in [3.05, 3.63) is 0 Å². The molecule has 0 unspecified atom stereocenters. The van der Waals surface area contributed by atoms with Gasteiger partial charge in [-0.2, -0.15) is 0 Å². The molecule has 50 atom stereocenters. The third-order valence-corrected chi connectivity index (χ3v) is 22.5. The second kappa shape index (κ2) is 44.3. The van der Waals surface area contributed by atoms with Crippen LogP contribution in [0, 0.1) is 0 Å². The summed E-state index contributed by atoms with van der Waals surface area (Å²) in [6, 6.07) is -7.85. The minimum atomic E-state index is -2.63. The molecule has 123 heavy (non-hydrogen) atoms. The van der Waals surface area contributed by atoms with E-state index in [2.05, 4.69) is 21.3 Å². The Morgan fingerprint density at radius 1 is 0.211 bits per heavy atom. The summed E-state index contributed by atoms with van der Waals surface area (Å²) < 4.78 is 113. The van der Waals surface area contributed by atoms with Crippen LogP contribution in [0.4, 0.5) is 0 Å². The van der Waals surface area contributed by atoms with Crippen LogP contribution in [-0.2, 0) is 109 Å². The van der Waals surface area contributed by atoms with E-state index < -0.39 is 397 Å². The predicted molar refractivity (Wildman–Crippen MR) is 376 cm³/mol. The van der Waals surface area contributed by atoms with Gasteiger partial charge in [-0.1, -0.05) is 0 Å². The lowest BCUT2D eigenvalue weighted by Gasteiger charge is -2.52. The van der Waals surface area contributed by atoms with E-state index in [0.29, 0.717) is 0 Å². The highest BCUT2D eigenvalue weighted by atomic mass is 16.8. The summed E-state index contributed by atoms with van der Waals surface area (Å²) in [7, 11) is 0. The van der Waals surface area contributed by atoms with E-state index >= 15 is 0 Å². The fourth-order valence-electron chi connectivity index (χ4n) is 15.9. The first kappa shape index (κ1) is 101. The third-order valence-electron chi connectivity index (χ3n) is 22.5. The van der Waals surface area contributed by atoms with Crippen molar-refractivity contribution in [1.29, 1.82) is 0 Å². The van der Waals surface area contributed by atoms with Crippen LogP contribution in [0.3, 0.4) is 0 Å². The van der Waals surface area contributed by atoms with Gasteiger partial charge in [0.15, 0.2) is 62.9 Å². The molecule has 0 aromatic heterocycles. The van der Waals surface area contributed by atoms with Crippen LogP contribution in [0.1, 0.15) is 27.7 Å². The van der Waals surface area contributed by atoms with Crippen LogP contribution in [0.5, 0.6) is 0 Å². The van der Waals surface area contributed by atoms with Crippen molar-refractivity contribution in [2.45, 2.75) is 335 Å². The molecule has 0 aromatic rings. The lowest BCUT2D eigenvalue weighted by molar-refractivity contribution is -0.406. The van der Waals surface area contributed by atoms with Crippen LogP contribution in [0.15, 0.2) is 0 Å². The number of nitrogens with one attached hydrogen (secondary N) is 4. The SMILES string of the molecule is CC(=O)N[C@@H]1[C@H](O[C@@H]2[C@@H](O[C@@H]3[C@H](O)[C@H](O[C@H]4[C@H](O)[C@@H](NC(C)=O)[C@H](O)O[C@@H]4CO)O[C@H](CO[C@H]4O[C@H](CO)[C@@H](O)[C@H](O)[C@@H]4O[C@@H]4O[C@H](CO)[C@@H](O[C@@H]5O[C@H](CO)[C@H](O)[C@H](O)[C@H]5O)[C@H](O)[C@H]4NC(C)=O)[C@H]3O)O[C@H](CO)[C@@H](O[C@@H]3O[C@H](CO)[C@@H](O[C@@H]4O[C@H](CO)[C@H](O)[C@H](O)[C@H]4O)[C@H](O)[C@H]3NC(C)=O)[C@@H]2O)O[C@H](CO)[C@@H](O[C@@H]2O[C@H](CO)[C@H](O)[C@H](O)[C@H]2O)[C@@H]1O. The zero-order chi connectivity index (χ0) is 90.5. The average molecular weight is 1800 g/mol. The third kappa shape index (κ3) is 22.3. The van der Waals surface area contributed by atoms with Crippen LogP contribution in [-0.4, -0.2) is 539 Å². The van der Waals surface area contributed by atoms with Gasteiger partial charge in [0.2, 0.25) is 23.6 Å². The van der Waals surface area contributed by atoms with Crippen molar-refractivity contribution in [3.63, 3.8) is 0 Å². The van der Waals surface area contributed by atoms with E-state index in [0.717, 1.165) is 27.7 Å². The molecule has 4 amide bonds. The topological polar surface area (TPSA) is 858 Å². The summed E-state index contributed by atoms with van der Waals surface area (Å²) in [6.07, 6.45) is -98.3. The fraction of sp³-hybridized carbons (Fsp3) is 0.941. The number of ether oxygens (including phenoxy) is 19. The quantitative estimate of drug-likeness (QED) is 0.0297. The Kier molecular flexibility index (Phi) is 36.4. The summed E-state index contributed by atoms with van der Waals surface area (Å²) in [5, 5.41) is 321. The van der Waals surface area contributed by atoms with Crippen LogP contribution in [0.25, 0.3) is 0 Å². The molecule has 0 aliphatic carbocycles. The number of amides is 4. The second-order valence-electron chi connectivity index (χ2n) is 31.0. The summed E-state index contributed by atoms with van der Waals surface area (Å²) in [5.41, 5.74) is 0. The van der Waals surface area contributed by atoms with E-state index in [1.807, 2.05) is 0 Å². The second-order valence-corrected chi connectivity index (χ2v) is 31.0. The summed E-state index contributed by atoms with van der Waals surface area (Å²) >= 11 is 0. The van der Waals surface area contributed by atoms with Gasteiger partial charge >= 0.3 is 0 Å². The molecule has 10 saturated heterocycles. The maximum Gasteiger partial charge on any atom is 0.217 e. The number of hydrogen-bond acceptors (Lipinski definition) is 51. The average Bonchev–Trinajstić information content (AvgIpc) is 0.825. The Labute approximate surface area is 695 Å². The number of hydrogen-bond donors (Lipinski definition) is 32. The molecule has 712 valence electrons. The predicted octanol–water partition coefficient (Wildman–Crippen LogP) is -22.2. The van der Waals surface area contributed by atoms with Gasteiger partial charge < -0.3 is 254 Å². The Morgan fingerprint density at radius 3 is 0.780 bits per heavy atom. The number of rotatable bonds is 32. The molecule has 10 fully saturated rings. The van der Waals surface area contributed by atoms with Gasteiger partial charge in [-0.25, -0.2) is 0 Å². The van der Waals surface area contributed by atoms with E-state index in [1.54, 1.807) is 0 Å². The summed E-state index contributed by atoms with van der Waals surface area (Å²) in [4.78, 5) is 51.8. The van der Waals surface area contributed by atoms with Gasteiger partial charge in [-0.3, -0.25) is 19.2 Å². The first-order chi connectivity index (χ1) is 58.2. The molecule has 10 heterocycles. The number of aliphatic hydroxyl groups is 28. The van der Waals surface area contributed by atoms with Gasteiger partial charge in [0, 0.05) is 27.7 Å². The number of carbonyl (C=O) groups is 4. The first-order valence-corrected chi connectivity index (χ1v) is 39.1. The van der Waals surface area contributed by atoms with Gasteiger partial charge in [-0.05, 0) is 0 Å². The van der Waals surface area contributed by atoms with Crippen molar-refractivity contribution < 1.29 is 252 Å². The highest BCUT2D eigenvalue weighted by Gasteiger charge is 2.62. The molecule has 10 rings (SSSR count). The molecule has 0 spiro atoms. The van der Waals surface area contributed by atoms with E-state index in [-0.39, 0.29) is 0 Å². The van der Waals surface area contributed by atoms with Crippen molar-refractivity contribution in [2.24, 2.45) is 0 Å². The minimum Gasteiger partial charge on any atom is -0.394 e. The van der Waals surface area contributed by atoms with Crippen molar-refractivity contribution >= 4 is 23.6 Å². The van der Waals surface area contributed by atoms with Gasteiger partial charge in [-0.15, -0.1) is 0 Å². The molecule has 0 saturated carbocycles. The molecule has 0 aromatic carbocycles. The summed E-state index contributed by atoms with van der Waals surface area (Å²) in [6.45, 7) is -7.70. The molecular weight excluding hydrogens is 1690 g/mol. The number of carbonyl (C=O) groups excluding carboxylic acids is 4. The maximum absolute atomic E-state index is 13.3. The maximum atomic E-state index is 13.3. The van der Waals surface area contributed by atoms with Gasteiger partial charge in [0.25, 0.3) is 0 Å². The number of aliphatic hydroxyl groups excluding tert-OH is 28. The molecule has 0 bridgehead atoms. The Morgan fingerprint density at radius 2 is 0.447 bits per heavy atom. The first-order valence-electron chi connectivity index (χ1n) is 39.1. The zero-order valence-corrected chi connectivity index (χ0v) is 65.9. The zero-order valence-electron chi connectivity index (χ0n) is 65.9. The highest BCUT2D eigenvalue weighted by Crippen LogP contribution is 2.41. The normalized spacial score (nSPS) is 49.4. The molecular formula is C68H114N4O51. The monoisotopic (exact) mass is 1800 g/mol. The van der Waals surface area contributed by atoms with E-state index in [9.17, 15) is 162 Å². The minimum absolute atomic E-state index is 0.886.